The summed E-state index contributed by atoms with van der Waals surface area (Å²) in [7, 11) is 0. The molecule has 0 radical (unpaired) electrons. The van der Waals surface area contributed by atoms with Crippen molar-refractivity contribution >= 4 is 17.8 Å². The van der Waals surface area contributed by atoms with E-state index >= 15 is 0 Å². The fraction of sp³-hybridized carbons (Fsp3) is 0.469. The Kier molecular flexibility index (Phi) is 10.7. The predicted octanol–water partition coefficient (Wildman–Crippen LogP) is 3.85. The number of nitrogens with zero attached hydrogens (tertiary/aromatic N) is 1. The molecule has 4 rings (SSSR count). The molecule has 0 aromatic heterocycles. The number of cyclic esters (lactones) is 1. The highest BCUT2D eigenvalue weighted by molar-refractivity contribution is 5.86. The van der Waals surface area contributed by atoms with Crippen LogP contribution in [0.4, 0.5) is 0 Å². The first-order valence-corrected chi connectivity index (χ1v) is 14.1. The van der Waals surface area contributed by atoms with Crippen LogP contribution in [0.15, 0.2) is 72.8 Å². The van der Waals surface area contributed by atoms with Crippen molar-refractivity contribution < 1.29 is 24.2 Å². The van der Waals surface area contributed by atoms with Gasteiger partial charge < -0.3 is 20.1 Å². The fourth-order valence-electron chi connectivity index (χ4n) is 5.55. The van der Waals surface area contributed by atoms with E-state index in [1.807, 2.05) is 72.8 Å². The number of benzene rings is 2. The van der Waals surface area contributed by atoms with Crippen molar-refractivity contribution in [1.82, 2.24) is 10.2 Å². The molecule has 0 unspecified atom stereocenters. The largest absolute Gasteiger partial charge is 0.463 e. The van der Waals surface area contributed by atoms with Crippen molar-refractivity contribution in [3.05, 3.63) is 83.9 Å². The van der Waals surface area contributed by atoms with Crippen LogP contribution < -0.4 is 5.32 Å². The van der Waals surface area contributed by atoms with Crippen LogP contribution in [0.2, 0.25) is 0 Å². The van der Waals surface area contributed by atoms with Gasteiger partial charge in [-0.15, -0.1) is 0 Å². The third-order valence-electron chi connectivity index (χ3n) is 7.70. The fourth-order valence-corrected chi connectivity index (χ4v) is 5.55. The minimum Gasteiger partial charge on any atom is -0.463 e. The molecule has 2 aromatic carbocycles. The first kappa shape index (κ1) is 28.6. The minimum atomic E-state index is -0.505. The molecule has 39 heavy (non-hydrogen) atoms. The summed E-state index contributed by atoms with van der Waals surface area (Å²) in [6.45, 7) is 0.609. The van der Waals surface area contributed by atoms with E-state index in [1.54, 1.807) is 4.90 Å². The predicted molar refractivity (Wildman–Crippen MR) is 150 cm³/mol. The van der Waals surface area contributed by atoms with Gasteiger partial charge >= 0.3 is 5.97 Å². The Morgan fingerprint density at radius 2 is 1.69 bits per heavy atom. The highest BCUT2D eigenvalue weighted by Gasteiger charge is 2.35. The quantitative estimate of drug-likeness (QED) is 0.398. The maximum Gasteiger partial charge on any atom is 0.309 e. The minimum absolute atomic E-state index is 0.0497. The second-order valence-corrected chi connectivity index (χ2v) is 10.7. The summed E-state index contributed by atoms with van der Waals surface area (Å²) < 4.78 is 5.78. The van der Waals surface area contributed by atoms with Gasteiger partial charge in [0.25, 0.3) is 0 Å². The molecule has 2 aliphatic rings. The van der Waals surface area contributed by atoms with E-state index < -0.39 is 12.0 Å². The normalized spacial score (nSPS) is 23.1. The Bertz CT molecular complexity index is 1100. The standard InChI is InChI=1S/C32H40N2O5/c35-22-28(20-25-13-6-2-7-14-25)33-30(36)21-26-15-8-3-9-16-27(19-24-11-4-1-5-12-24)32(38)39-23-29-17-10-18-34(29)31(26)37/h1-8,11-14,26-29,35H,9-10,15-23H2,(H,33,36)/t26-,27-,28+,29+/m1/s1. The summed E-state index contributed by atoms with van der Waals surface area (Å²) in [6.07, 6.45) is 8.60. The third kappa shape index (κ3) is 8.52. The number of carbonyl (C=O) groups excluding carboxylic acids is 3. The lowest BCUT2D eigenvalue weighted by Gasteiger charge is -2.29. The molecule has 1 saturated heterocycles. The zero-order valence-corrected chi connectivity index (χ0v) is 22.5. The van der Waals surface area contributed by atoms with E-state index in [0.29, 0.717) is 38.6 Å². The van der Waals surface area contributed by atoms with Gasteiger partial charge in [0.2, 0.25) is 11.8 Å². The molecule has 2 amide bonds. The van der Waals surface area contributed by atoms with Gasteiger partial charge in [-0.25, -0.2) is 0 Å². The second kappa shape index (κ2) is 14.6. The van der Waals surface area contributed by atoms with Crippen LogP contribution in [0, 0.1) is 11.8 Å². The molecular weight excluding hydrogens is 492 g/mol. The van der Waals surface area contributed by atoms with Crippen molar-refractivity contribution in [2.45, 2.75) is 63.5 Å². The summed E-state index contributed by atoms with van der Waals surface area (Å²) in [5, 5.41) is 12.8. The van der Waals surface area contributed by atoms with Crippen molar-refractivity contribution in [1.29, 1.82) is 0 Å². The highest BCUT2D eigenvalue weighted by Crippen LogP contribution is 2.25. The number of rotatable bonds is 8. The smallest absolute Gasteiger partial charge is 0.309 e. The summed E-state index contributed by atoms with van der Waals surface area (Å²) in [5.41, 5.74) is 2.13. The zero-order valence-electron chi connectivity index (χ0n) is 22.5. The number of aliphatic hydroxyl groups is 1. The zero-order chi connectivity index (χ0) is 27.5. The molecule has 7 heteroatoms. The van der Waals surface area contributed by atoms with Gasteiger partial charge in [0.05, 0.1) is 30.5 Å². The Labute approximate surface area is 231 Å². The summed E-state index contributed by atoms with van der Waals surface area (Å²) in [5.74, 6) is -1.28. The average Bonchev–Trinajstić information content (AvgIpc) is 3.43. The number of hydrogen-bond acceptors (Lipinski definition) is 5. The maximum absolute atomic E-state index is 13.6. The monoisotopic (exact) mass is 532 g/mol. The number of esters is 1. The number of hydrogen-bond donors (Lipinski definition) is 2. The number of amides is 2. The SMILES string of the molecule is O=C(C[C@H]1CC=CCC[C@H](Cc2ccccc2)C(=O)OC[C@@H]2CCCN2C1=O)N[C@H](CO)Cc1ccccc1. The van der Waals surface area contributed by atoms with Crippen LogP contribution in [-0.4, -0.2) is 59.6 Å². The van der Waals surface area contributed by atoms with Crippen LogP contribution in [-0.2, 0) is 32.0 Å². The van der Waals surface area contributed by atoms with E-state index in [-0.39, 0.29) is 49.4 Å². The molecule has 7 nitrogen and oxygen atoms in total. The van der Waals surface area contributed by atoms with Gasteiger partial charge in [-0.3, -0.25) is 14.4 Å². The Morgan fingerprint density at radius 3 is 2.41 bits per heavy atom. The van der Waals surface area contributed by atoms with Crippen LogP contribution in [0.3, 0.4) is 0 Å². The molecule has 0 bridgehead atoms. The number of ether oxygens (including phenoxy) is 1. The van der Waals surface area contributed by atoms with Gasteiger partial charge in [-0.05, 0) is 56.1 Å². The first-order chi connectivity index (χ1) is 19.0. The Hall–Kier alpha value is -3.45. The second-order valence-electron chi connectivity index (χ2n) is 10.7. The van der Waals surface area contributed by atoms with Crippen molar-refractivity contribution in [3.63, 3.8) is 0 Å². The van der Waals surface area contributed by atoms with Crippen molar-refractivity contribution in [2.75, 3.05) is 19.8 Å². The van der Waals surface area contributed by atoms with Crippen molar-refractivity contribution in [2.24, 2.45) is 11.8 Å². The van der Waals surface area contributed by atoms with Crippen LogP contribution in [0.1, 0.15) is 49.7 Å². The van der Waals surface area contributed by atoms with E-state index in [1.165, 1.54) is 0 Å². The number of aliphatic hydroxyl groups excluding tert-OH is 1. The van der Waals surface area contributed by atoms with Crippen LogP contribution >= 0.6 is 0 Å². The molecule has 1 fully saturated rings. The summed E-state index contributed by atoms with van der Waals surface area (Å²) in [4.78, 5) is 41.5. The first-order valence-electron chi connectivity index (χ1n) is 14.1. The van der Waals surface area contributed by atoms with E-state index in [9.17, 15) is 19.5 Å². The lowest BCUT2D eigenvalue weighted by atomic mass is 9.94. The Morgan fingerprint density at radius 1 is 0.974 bits per heavy atom. The Balaban J connectivity index is 1.42. The van der Waals surface area contributed by atoms with Gasteiger partial charge in [0, 0.05) is 13.0 Å². The molecule has 0 saturated carbocycles. The van der Waals surface area contributed by atoms with Crippen molar-refractivity contribution in [3.8, 4) is 0 Å². The number of nitrogens with one attached hydrogen (secondary N) is 1. The molecule has 2 aliphatic heterocycles. The van der Waals surface area contributed by atoms with E-state index in [4.69, 9.17) is 4.74 Å². The van der Waals surface area contributed by atoms with E-state index in [2.05, 4.69) is 5.32 Å². The molecule has 4 atom stereocenters. The van der Waals surface area contributed by atoms with Gasteiger partial charge in [-0.1, -0.05) is 72.8 Å². The topological polar surface area (TPSA) is 95.9 Å². The summed E-state index contributed by atoms with van der Waals surface area (Å²) >= 11 is 0. The maximum atomic E-state index is 13.6. The van der Waals surface area contributed by atoms with Gasteiger partial charge in [-0.2, -0.15) is 0 Å². The van der Waals surface area contributed by atoms with Crippen LogP contribution in [0.25, 0.3) is 0 Å². The number of allylic oxidation sites excluding steroid dienone is 2. The molecule has 208 valence electrons. The number of fused-ring (bicyclic) bond motifs is 1. The van der Waals surface area contributed by atoms with Gasteiger partial charge in [0.15, 0.2) is 0 Å². The van der Waals surface area contributed by atoms with E-state index in [0.717, 1.165) is 24.0 Å². The lowest BCUT2D eigenvalue weighted by Crippen LogP contribution is -2.45. The highest BCUT2D eigenvalue weighted by atomic mass is 16.5. The number of carbonyl (C=O) groups is 3. The van der Waals surface area contributed by atoms with Crippen LogP contribution in [0.5, 0.6) is 0 Å². The third-order valence-corrected chi connectivity index (χ3v) is 7.70. The molecule has 0 spiro atoms. The molecule has 0 aliphatic carbocycles. The molecule has 2 aromatic rings. The molecule has 2 heterocycles. The molecule has 2 N–H and O–H groups in total. The average molecular weight is 533 g/mol. The summed E-state index contributed by atoms with van der Waals surface area (Å²) in [6, 6.07) is 19.1. The van der Waals surface area contributed by atoms with Gasteiger partial charge in [0.1, 0.15) is 6.61 Å². The lowest BCUT2D eigenvalue weighted by molar-refractivity contribution is -0.152. The molecular formula is C32H40N2O5.